The Balaban J connectivity index is 1.78. The molecule has 1 atom stereocenters. The smallest absolute Gasteiger partial charge is 0.165 e. The van der Waals surface area contributed by atoms with Crippen molar-refractivity contribution in [2.45, 2.75) is 31.7 Å². The van der Waals surface area contributed by atoms with E-state index >= 15 is 0 Å². The molecule has 2 aromatic carbocycles. The molecule has 2 aromatic rings. The van der Waals surface area contributed by atoms with E-state index in [1.54, 1.807) is 14.2 Å². The van der Waals surface area contributed by atoms with E-state index < -0.39 is 0 Å². The molecular formula is C21H26FNO2. The lowest BCUT2D eigenvalue weighted by Gasteiger charge is -2.37. The number of ether oxygens (including phenoxy) is 2. The molecule has 0 spiro atoms. The number of halogens is 1. The molecule has 1 heterocycles. The van der Waals surface area contributed by atoms with Gasteiger partial charge in [0, 0.05) is 18.2 Å². The van der Waals surface area contributed by atoms with Crippen LogP contribution in [0.25, 0.3) is 0 Å². The number of rotatable bonds is 6. The maximum atomic E-state index is 13.1. The Hall–Kier alpha value is -2.07. The number of benzene rings is 2. The number of likely N-dealkylation sites (tertiary alicyclic amines) is 1. The predicted octanol–water partition coefficient (Wildman–Crippen LogP) is 4.61. The van der Waals surface area contributed by atoms with Gasteiger partial charge in [-0.05, 0) is 49.6 Å². The van der Waals surface area contributed by atoms with Crippen molar-refractivity contribution in [1.82, 2.24) is 4.90 Å². The first-order valence-electron chi connectivity index (χ1n) is 8.92. The minimum absolute atomic E-state index is 0.180. The molecule has 0 aliphatic carbocycles. The van der Waals surface area contributed by atoms with Crippen LogP contribution in [0.3, 0.4) is 0 Å². The van der Waals surface area contributed by atoms with Gasteiger partial charge in [0.2, 0.25) is 0 Å². The van der Waals surface area contributed by atoms with Crippen LogP contribution in [0.2, 0.25) is 0 Å². The number of hydrogen-bond donors (Lipinski definition) is 0. The van der Waals surface area contributed by atoms with Crippen molar-refractivity contribution in [2.75, 3.05) is 27.3 Å². The molecule has 4 heteroatoms. The summed E-state index contributed by atoms with van der Waals surface area (Å²) in [6.45, 7) is 2.03. The second kappa shape index (κ2) is 8.34. The highest BCUT2D eigenvalue weighted by atomic mass is 19.1. The molecule has 1 aliphatic heterocycles. The fourth-order valence-corrected chi connectivity index (χ4v) is 3.71. The molecule has 0 amide bonds. The van der Waals surface area contributed by atoms with Crippen molar-refractivity contribution in [3.8, 4) is 11.5 Å². The van der Waals surface area contributed by atoms with E-state index in [1.807, 2.05) is 24.3 Å². The molecule has 1 saturated heterocycles. The van der Waals surface area contributed by atoms with Crippen molar-refractivity contribution >= 4 is 0 Å². The van der Waals surface area contributed by atoms with Crippen molar-refractivity contribution < 1.29 is 13.9 Å². The van der Waals surface area contributed by atoms with Crippen LogP contribution in [0, 0.1) is 5.82 Å². The lowest BCUT2D eigenvalue weighted by molar-refractivity contribution is 0.147. The SMILES string of the molecule is COc1cccc(C2CCCCN2CCc2ccc(F)cc2)c1OC. The third-order valence-electron chi connectivity index (χ3n) is 5.01. The minimum atomic E-state index is -0.180. The molecule has 1 fully saturated rings. The zero-order valence-electron chi connectivity index (χ0n) is 15.0. The highest BCUT2D eigenvalue weighted by molar-refractivity contribution is 5.48. The molecule has 0 bridgehead atoms. The summed E-state index contributed by atoms with van der Waals surface area (Å²) in [5.41, 5.74) is 2.36. The molecule has 0 radical (unpaired) electrons. The Kier molecular flexibility index (Phi) is 5.92. The van der Waals surface area contributed by atoms with Crippen LogP contribution < -0.4 is 9.47 Å². The molecule has 0 N–H and O–H groups in total. The fraction of sp³-hybridized carbons (Fsp3) is 0.429. The van der Waals surface area contributed by atoms with Gasteiger partial charge in [-0.3, -0.25) is 4.90 Å². The van der Waals surface area contributed by atoms with Gasteiger partial charge in [0.1, 0.15) is 5.82 Å². The number of para-hydroxylation sites is 1. The number of hydrogen-bond acceptors (Lipinski definition) is 3. The van der Waals surface area contributed by atoms with Crippen LogP contribution in [-0.4, -0.2) is 32.2 Å². The zero-order valence-corrected chi connectivity index (χ0v) is 15.0. The van der Waals surface area contributed by atoms with E-state index in [9.17, 15) is 4.39 Å². The molecule has 3 rings (SSSR count). The van der Waals surface area contributed by atoms with Gasteiger partial charge in [-0.2, -0.15) is 0 Å². The summed E-state index contributed by atoms with van der Waals surface area (Å²) >= 11 is 0. The lowest BCUT2D eigenvalue weighted by Crippen LogP contribution is -2.35. The Morgan fingerprint density at radius 1 is 1.04 bits per heavy atom. The highest BCUT2D eigenvalue weighted by Crippen LogP contribution is 2.40. The first-order valence-corrected chi connectivity index (χ1v) is 8.92. The average Bonchev–Trinajstić information content (AvgIpc) is 2.67. The van der Waals surface area contributed by atoms with Gasteiger partial charge in [0.15, 0.2) is 11.5 Å². The van der Waals surface area contributed by atoms with Gasteiger partial charge in [-0.25, -0.2) is 4.39 Å². The quantitative estimate of drug-likeness (QED) is 0.764. The molecule has 1 unspecified atom stereocenters. The van der Waals surface area contributed by atoms with Crippen LogP contribution in [0.15, 0.2) is 42.5 Å². The van der Waals surface area contributed by atoms with Crippen molar-refractivity contribution in [3.05, 3.63) is 59.4 Å². The summed E-state index contributed by atoms with van der Waals surface area (Å²) in [4.78, 5) is 2.52. The Bertz CT molecular complexity index is 687. The maximum Gasteiger partial charge on any atom is 0.165 e. The normalized spacial score (nSPS) is 18.1. The topological polar surface area (TPSA) is 21.7 Å². The van der Waals surface area contributed by atoms with E-state index in [0.29, 0.717) is 6.04 Å². The summed E-state index contributed by atoms with van der Waals surface area (Å²) in [6.07, 6.45) is 4.47. The largest absolute Gasteiger partial charge is 0.493 e. The standard InChI is InChI=1S/C21H26FNO2/c1-24-20-8-5-6-18(21(20)25-2)19-7-3-4-14-23(19)15-13-16-9-11-17(22)12-10-16/h5-6,8-12,19H,3-4,7,13-15H2,1-2H3. The number of piperidine rings is 1. The van der Waals surface area contributed by atoms with Crippen LogP contribution in [-0.2, 0) is 6.42 Å². The van der Waals surface area contributed by atoms with E-state index in [2.05, 4.69) is 11.0 Å². The first kappa shape index (κ1) is 17.7. The van der Waals surface area contributed by atoms with Gasteiger partial charge in [0.25, 0.3) is 0 Å². The van der Waals surface area contributed by atoms with Crippen LogP contribution in [0.1, 0.15) is 36.4 Å². The summed E-state index contributed by atoms with van der Waals surface area (Å²) in [5.74, 6) is 1.44. The maximum absolute atomic E-state index is 13.1. The van der Waals surface area contributed by atoms with Gasteiger partial charge in [-0.15, -0.1) is 0 Å². The van der Waals surface area contributed by atoms with Crippen LogP contribution in [0.5, 0.6) is 11.5 Å². The van der Waals surface area contributed by atoms with Gasteiger partial charge >= 0.3 is 0 Å². The molecule has 1 aliphatic rings. The second-order valence-electron chi connectivity index (χ2n) is 6.51. The van der Waals surface area contributed by atoms with Crippen molar-refractivity contribution in [3.63, 3.8) is 0 Å². The lowest BCUT2D eigenvalue weighted by atomic mass is 9.93. The van der Waals surface area contributed by atoms with Crippen LogP contribution in [0.4, 0.5) is 4.39 Å². The van der Waals surface area contributed by atoms with Crippen LogP contribution >= 0.6 is 0 Å². The summed E-state index contributed by atoms with van der Waals surface area (Å²) in [6, 6.07) is 13.3. The number of nitrogens with zero attached hydrogens (tertiary/aromatic N) is 1. The molecule has 0 saturated carbocycles. The van der Waals surface area contributed by atoms with E-state index in [4.69, 9.17) is 9.47 Å². The third kappa shape index (κ3) is 4.13. The highest BCUT2D eigenvalue weighted by Gasteiger charge is 2.27. The monoisotopic (exact) mass is 343 g/mol. The summed E-state index contributed by atoms with van der Waals surface area (Å²) in [7, 11) is 3.38. The summed E-state index contributed by atoms with van der Waals surface area (Å²) in [5, 5.41) is 0. The molecule has 3 nitrogen and oxygen atoms in total. The predicted molar refractivity (Wildman–Crippen MR) is 97.8 cm³/mol. The fourth-order valence-electron chi connectivity index (χ4n) is 3.71. The summed E-state index contributed by atoms with van der Waals surface area (Å²) < 4.78 is 24.2. The number of methoxy groups -OCH3 is 2. The minimum Gasteiger partial charge on any atom is -0.493 e. The van der Waals surface area contributed by atoms with Gasteiger partial charge in [0.05, 0.1) is 14.2 Å². The van der Waals surface area contributed by atoms with E-state index in [-0.39, 0.29) is 5.82 Å². The molecular weight excluding hydrogens is 317 g/mol. The molecule has 0 aromatic heterocycles. The van der Waals surface area contributed by atoms with E-state index in [0.717, 1.165) is 37.4 Å². The average molecular weight is 343 g/mol. The Morgan fingerprint density at radius 3 is 2.56 bits per heavy atom. The first-order chi connectivity index (χ1) is 12.2. The van der Waals surface area contributed by atoms with Crippen molar-refractivity contribution in [1.29, 1.82) is 0 Å². The third-order valence-corrected chi connectivity index (χ3v) is 5.01. The van der Waals surface area contributed by atoms with Gasteiger partial charge in [-0.1, -0.05) is 30.7 Å². The van der Waals surface area contributed by atoms with Crippen molar-refractivity contribution in [2.24, 2.45) is 0 Å². The Morgan fingerprint density at radius 2 is 1.84 bits per heavy atom. The Labute approximate surface area is 149 Å². The van der Waals surface area contributed by atoms with Gasteiger partial charge < -0.3 is 9.47 Å². The zero-order chi connectivity index (χ0) is 17.6. The van der Waals surface area contributed by atoms with E-state index in [1.165, 1.54) is 36.1 Å². The molecule has 134 valence electrons. The second-order valence-corrected chi connectivity index (χ2v) is 6.51. The molecule has 25 heavy (non-hydrogen) atoms.